The van der Waals surface area contributed by atoms with Gasteiger partial charge in [-0.25, -0.2) is 19.6 Å². The van der Waals surface area contributed by atoms with E-state index >= 15 is 0 Å². The molecule has 0 atom stereocenters. The Hall–Kier alpha value is -4.18. The first-order valence-electron chi connectivity index (χ1n) is 9.39. The summed E-state index contributed by atoms with van der Waals surface area (Å²) >= 11 is 0. The highest BCUT2D eigenvalue weighted by Gasteiger charge is 2.39. The number of hydrogen-bond acceptors (Lipinski definition) is 6. The number of halogens is 9. The average Bonchev–Trinajstić information content (AvgIpc) is 3.23. The van der Waals surface area contributed by atoms with E-state index in [-0.39, 0.29) is 17.0 Å². The molecule has 0 spiro atoms. The Labute approximate surface area is 194 Å². The van der Waals surface area contributed by atoms with Crippen LogP contribution in [0.25, 0.3) is 23.2 Å². The third-order valence-electron chi connectivity index (χ3n) is 4.24. The molecule has 0 fully saturated rings. The van der Waals surface area contributed by atoms with Crippen LogP contribution in [0.2, 0.25) is 0 Å². The lowest BCUT2D eigenvalue weighted by Gasteiger charge is -2.11. The van der Waals surface area contributed by atoms with Crippen molar-refractivity contribution in [3.8, 4) is 11.4 Å². The Kier molecular flexibility index (Phi) is 6.95. The summed E-state index contributed by atoms with van der Waals surface area (Å²) in [6.45, 7) is -1.36. The molecule has 17 heteroatoms. The zero-order valence-electron chi connectivity index (χ0n) is 17.4. The van der Waals surface area contributed by atoms with E-state index in [1.54, 1.807) is 0 Å². The first-order valence-corrected chi connectivity index (χ1v) is 9.39. The number of pyridine rings is 2. The van der Waals surface area contributed by atoms with Crippen molar-refractivity contribution in [3.63, 3.8) is 0 Å². The molecule has 36 heavy (non-hydrogen) atoms. The van der Waals surface area contributed by atoms with Gasteiger partial charge in [0, 0.05) is 23.5 Å². The molecule has 0 unspecified atom stereocenters. The molecule has 3 aromatic heterocycles. The van der Waals surface area contributed by atoms with Gasteiger partial charge in [-0.3, -0.25) is 4.79 Å². The normalized spacial score (nSPS) is 13.1. The number of nitrogens with two attached hydrogens (primary N) is 1. The van der Waals surface area contributed by atoms with Gasteiger partial charge in [-0.05, 0) is 24.3 Å². The van der Waals surface area contributed by atoms with Crippen LogP contribution in [0.3, 0.4) is 0 Å². The Balaban J connectivity index is 1.94. The smallest absolute Gasteiger partial charge is 0.366 e. The van der Waals surface area contributed by atoms with Gasteiger partial charge in [-0.2, -0.15) is 39.5 Å². The lowest BCUT2D eigenvalue weighted by molar-refractivity contribution is -0.150. The number of aromatic nitrogens is 5. The van der Waals surface area contributed by atoms with Gasteiger partial charge in [0.05, 0.1) is 5.57 Å². The van der Waals surface area contributed by atoms with E-state index in [9.17, 15) is 44.3 Å². The Morgan fingerprint density at radius 3 is 2.06 bits per heavy atom. The van der Waals surface area contributed by atoms with Gasteiger partial charge in [-0.15, -0.1) is 5.10 Å². The first kappa shape index (κ1) is 26.4. The molecular weight excluding hydrogens is 513 g/mol. The summed E-state index contributed by atoms with van der Waals surface area (Å²) in [6.07, 6.45) is -12.0. The molecule has 0 aliphatic rings. The number of hydrogen-bond donors (Lipinski definition) is 2. The predicted molar refractivity (Wildman–Crippen MR) is 105 cm³/mol. The maximum Gasteiger partial charge on any atom is 0.433 e. The van der Waals surface area contributed by atoms with E-state index < -0.39 is 53.8 Å². The van der Waals surface area contributed by atoms with Gasteiger partial charge >= 0.3 is 18.5 Å². The number of amides is 1. The number of nitrogens with one attached hydrogen (secondary N) is 1. The molecule has 0 saturated heterocycles. The van der Waals surface area contributed by atoms with E-state index in [4.69, 9.17) is 5.73 Å². The summed E-state index contributed by atoms with van der Waals surface area (Å²) in [5.41, 5.74) is 0.755. The number of carbonyl (C=O) groups is 1. The molecule has 0 aliphatic heterocycles. The van der Waals surface area contributed by atoms with Gasteiger partial charge in [-0.1, -0.05) is 0 Å². The molecule has 3 heterocycles. The maximum absolute atomic E-state index is 13.0. The van der Waals surface area contributed by atoms with Gasteiger partial charge in [0.1, 0.15) is 30.1 Å². The molecule has 3 aromatic rings. The Bertz CT molecular complexity index is 1240. The van der Waals surface area contributed by atoms with Crippen LogP contribution in [0.1, 0.15) is 17.0 Å². The van der Waals surface area contributed by atoms with Crippen molar-refractivity contribution in [3.05, 3.63) is 53.7 Å². The minimum Gasteiger partial charge on any atom is -0.366 e. The third-order valence-corrected chi connectivity index (χ3v) is 4.24. The highest BCUT2D eigenvalue weighted by Crippen LogP contribution is 2.35. The van der Waals surface area contributed by atoms with Crippen LogP contribution >= 0.6 is 0 Å². The number of nitrogens with zero attached hydrogens (tertiary/aromatic N) is 5. The monoisotopic (exact) mass is 525 g/mol. The minimum absolute atomic E-state index is 0.0275. The minimum atomic E-state index is -5.19. The molecule has 8 nitrogen and oxygen atoms in total. The molecule has 0 radical (unpaired) electrons. The summed E-state index contributed by atoms with van der Waals surface area (Å²) in [7, 11) is 0. The second kappa shape index (κ2) is 9.46. The number of rotatable bonds is 6. The molecule has 0 aromatic carbocycles. The second-order valence-electron chi connectivity index (χ2n) is 6.98. The lowest BCUT2D eigenvalue weighted by Crippen LogP contribution is -2.21. The van der Waals surface area contributed by atoms with Crippen molar-refractivity contribution >= 4 is 23.5 Å². The molecule has 0 aliphatic carbocycles. The summed E-state index contributed by atoms with van der Waals surface area (Å²) in [5, 5.41) is 5.77. The summed E-state index contributed by atoms with van der Waals surface area (Å²) < 4.78 is 116. The van der Waals surface area contributed by atoms with Gasteiger partial charge in [0.25, 0.3) is 5.91 Å². The number of carbonyl (C=O) groups excluding carboxylic acids is 1. The maximum atomic E-state index is 13.0. The highest BCUT2D eigenvalue weighted by molar-refractivity contribution is 6.22. The quantitative estimate of drug-likeness (QED) is 0.368. The van der Waals surface area contributed by atoms with Crippen LogP contribution in [-0.2, 0) is 17.1 Å². The lowest BCUT2D eigenvalue weighted by atomic mass is 10.1. The predicted octanol–water partition coefficient (Wildman–Crippen LogP) is 4.23. The van der Waals surface area contributed by atoms with Crippen molar-refractivity contribution in [1.29, 1.82) is 0 Å². The highest BCUT2D eigenvalue weighted by atomic mass is 19.4. The fraction of sp³-hybridized carbons (Fsp3) is 0.211. The van der Waals surface area contributed by atoms with Crippen LogP contribution in [0, 0.1) is 0 Å². The first-order chi connectivity index (χ1) is 16.5. The van der Waals surface area contributed by atoms with Crippen LogP contribution < -0.4 is 11.1 Å². The van der Waals surface area contributed by atoms with E-state index in [2.05, 4.69) is 20.1 Å². The van der Waals surface area contributed by atoms with E-state index in [0.29, 0.717) is 12.1 Å². The van der Waals surface area contributed by atoms with Crippen molar-refractivity contribution in [2.24, 2.45) is 5.73 Å². The SMILES string of the molecule is NC(=O)/C(=C/n1cnc(-c2cc(C(F)(F)F)nc(C(F)(F)F)c2)n1)c1ccc(NCC(F)(F)F)nc1. The molecule has 3 N–H and O–H groups in total. The summed E-state index contributed by atoms with van der Waals surface area (Å²) in [4.78, 5) is 21.8. The zero-order valence-corrected chi connectivity index (χ0v) is 17.4. The topological polar surface area (TPSA) is 112 Å². The second-order valence-corrected chi connectivity index (χ2v) is 6.98. The van der Waals surface area contributed by atoms with E-state index in [1.165, 1.54) is 6.07 Å². The van der Waals surface area contributed by atoms with Crippen molar-refractivity contribution in [2.45, 2.75) is 18.5 Å². The van der Waals surface area contributed by atoms with E-state index in [0.717, 1.165) is 29.5 Å². The molecular formula is C19H12F9N7O. The van der Waals surface area contributed by atoms with Gasteiger partial charge in [0.2, 0.25) is 0 Å². The average molecular weight is 525 g/mol. The fourth-order valence-electron chi connectivity index (χ4n) is 2.68. The van der Waals surface area contributed by atoms with Crippen LogP contribution in [0.15, 0.2) is 36.8 Å². The van der Waals surface area contributed by atoms with Crippen molar-refractivity contribution in [1.82, 2.24) is 24.7 Å². The molecule has 0 bridgehead atoms. The van der Waals surface area contributed by atoms with Crippen LogP contribution in [0.4, 0.5) is 45.3 Å². The van der Waals surface area contributed by atoms with Crippen LogP contribution in [-0.4, -0.2) is 43.4 Å². The molecule has 1 amide bonds. The number of alkyl halides is 9. The third kappa shape index (κ3) is 6.70. The summed E-state index contributed by atoms with van der Waals surface area (Å²) in [6, 6.07) is 2.97. The summed E-state index contributed by atoms with van der Waals surface area (Å²) in [5.74, 6) is -1.77. The standard InChI is InChI=1S/C19H12F9N7O/c20-17(21,22)7-31-14-2-1-9(5-30-14)11(15(29)36)6-35-8-32-16(34-35)10-3-12(18(23,24)25)33-13(4-10)19(26,27)28/h1-6,8H,7H2,(H2,29,36)(H,30,31)/b11-6+. The molecule has 192 valence electrons. The van der Waals surface area contributed by atoms with Gasteiger partial charge in [0.15, 0.2) is 5.82 Å². The molecule has 0 saturated carbocycles. The number of anilines is 1. The van der Waals surface area contributed by atoms with Crippen molar-refractivity contribution in [2.75, 3.05) is 11.9 Å². The Morgan fingerprint density at radius 1 is 0.972 bits per heavy atom. The van der Waals surface area contributed by atoms with E-state index in [1.807, 2.05) is 5.32 Å². The van der Waals surface area contributed by atoms with Gasteiger partial charge < -0.3 is 11.1 Å². The zero-order chi connectivity index (χ0) is 26.9. The Morgan fingerprint density at radius 2 is 1.58 bits per heavy atom. The van der Waals surface area contributed by atoms with Crippen molar-refractivity contribution < 1.29 is 44.3 Å². The number of primary amides is 1. The molecule has 3 rings (SSSR count). The van der Waals surface area contributed by atoms with Crippen LogP contribution in [0.5, 0.6) is 0 Å². The fourth-order valence-corrected chi connectivity index (χ4v) is 2.68. The largest absolute Gasteiger partial charge is 0.433 e.